The summed E-state index contributed by atoms with van der Waals surface area (Å²) in [5.41, 5.74) is 5.99. The molecule has 4 saturated carbocycles. The molecule has 4 aliphatic rings. The maximum atomic E-state index is 11.9. The average molecular weight is 588 g/mol. The van der Waals surface area contributed by atoms with Crippen molar-refractivity contribution >= 4 is 31.9 Å². The van der Waals surface area contributed by atoms with E-state index in [4.69, 9.17) is 0 Å². The second kappa shape index (κ2) is 6.85. The maximum Gasteiger partial charge on any atom is 0.127 e. The van der Waals surface area contributed by atoms with Gasteiger partial charge in [0.1, 0.15) is 11.5 Å². The van der Waals surface area contributed by atoms with Gasteiger partial charge in [-0.3, -0.25) is 0 Å². The summed E-state index contributed by atoms with van der Waals surface area (Å²) in [7, 11) is 0. The van der Waals surface area contributed by atoms with Crippen LogP contribution in [0.2, 0.25) is 0 Å². The fraction of sp³-hybridized carbons (Fsp3) is 0.600. The van der Waals surface area contributed by atoms with Gasteiger partial charge >= 0.3 is 0 Å². The Bertz CT molecular complexity index is 1170. The molecular weight excluding hydrogens is 552 g/mol. The molecule has 0 unspecified atom stereocenters. The smallest absolute Gasteiger partial charge is 0.127 e. The summed E-state index contributed by atoms with van der Waals surface area (Å²) in [5, 5.41) is 23.9. The third-order valence-electron chi connectivity index (χ3n) is 11.8. The van der Waals surface area contributed by atoms with Crippen molar-refractivity contribution in [3.8, 4) is 22.6 Å². The minimum Gasteiger partial charge on any atom is -0.507 e. The minimum absolute atomic E-state index is 0.0583. The number of hydrogen-bond donors (Lipinski definition) is 2. The van der Waals surface area contributed by atoms with Crippen LogP contribution in [-0.2, 0) is 10.8 Å². The first-order valence-electron chi connectivity index (χ1n) is 12.9. The normalized spacial score (nSPS) is 39.8. The predicted molar refractivity (Wildman–Crippen MR) is 146 cm³/mol. The van der Waals surface area contributed by atoms with E-state index in [1.165, 1.54) is 25.7 Å². The van der Waals surface area contributed by atoms with E-state index in [1.807, 2.05) is 0 Å². The van der Waals surface area contributed by atoms with E-state index in [0.29, 0.717) is 11.5 Å². The van der Waals surface area contributed by atoms with Crippen molar-refractivity contribution in [2.45, 2.75) is 90.9 Å². The van der Waals surface area contributed by atoms with E-state index in [1.54, 1.807) is 0 Å². The third kappa shape index (κ3) is 2.63. The molecule has 0 heterocycles. The number of hydrogen-bond acceptors (Lipinski definition) is 2. The molecule has 0 saturated heterocycles. The van der Waals surface area contributed by atoms with Crippen LogP contribution < -0.4 is 0 Å². The molecule has 6 rings (SSSR count). The fourth-order valence-electron chi connectivity index (χ4n) is 8.40. The second-order valence-electron chi connectivity index (χ2n) is 12.9. The number of phenols is 2. The van der Waals surface area contributed by atoms with Gasteiger partial charge < -0.3 is 10.2 Å². The summed E-state index contributed by atoms with van der Waals surface area (Å²) >= 11 is 7.67. The molecule has 2 N–H and O–H groups in total. The van der Waals surface area contributed by atoms with Crippen LogP contribution in [0.25, 0.3) is 11.1 Å². The average Bonchev–Trinajstić information content (AvgIpc) is 3.61. The van der Waals surface area contributed by atoms with Gasteiger partial charge in [-0.15, -0.1) is 0 Å². The monoisotopic (exact) mass is 586 g/mol. The Labute approximate surface area is 220 Å². The van der Waals surface area contributed by atoms with Gasteiger partial charge in [0, 0.05) is 42.0 Å². The van der Waals surface area contributed by atoms with Gasteiger partial charge in [-0.2, -0.15) is 0 Å². The van der Waals surface area contributed by atoms with Crippen LogP contribution in [-0.4, -0.2) is 10.2 Å². The maximum absolute atomic E-state index is 11.9. The van der Waals surface area contributed by atoms with Gasteiger partial charge in [0.15, 0.2) is 0 Å². The largest absolute Gasteiger partial charge is 0.507 e. The highest BCUT2D eigenvalue weighted by atomic mass is 79.9. The molecule has 6 atom stereocenters. The van der Waals surface area contributed by atoms with E-state index in [2.05, 4.69) is 85.5 Å². The van der Waals surface area contributed by atoms with E-state index in [0.717, 1.165) is 67.0 Å². The Morgan fingerprint density at radius 3 is 1.32 bits per heavy atom. The zero-order valence-corrected chi connectivity index (χ0v) is 24.4. The summed E-state index contributed by atoms with van der Waals surface area (Å²) < 4.78 is 2.01. The second-order valence-corrected chi connectivity index (χ2v) is 14.6. The zero-order chi connectivity index (χ0) is 24.6. The highest BCUT2D eigenvalue weighted by Crippen LogP contribution is 2.75. The molecular formula is C30H36Br2O2. The lowest BCUT2D eigenvalue weighted by atomic mass is 9.68. The Hall–Kier alpha value is -1.00. The van der Waals surface area contributed by atoms with Crippen molar-refractivity contribution in [1.82, 2.24) is 0 Å². The SMILES string of the molecule is Cc1c(Br)cc([C@]2(C)CC[C@@H]3C[C@@]32C)c(O)c1-c1c(C)c(Br)cc([C@@]2(C)CC[C@H]3C[C@]32C)c1O. The Balaban J connectivity index is 1.61. The van der Waals surface area contributed by atoms with Gasteiger partial charge in [-0.25, -0.2) is 0 Å². The van der Waals surface area contributed by atoms with Crippen LogP contribution in [0.15, 0.2) is 21.1 Å². The Morgan fingerprint density at radius 2 is 1.06 bits per heavy atom. The first-order chi connectivity index (χ1) is 15.8. The van der Waals surface area contributed by atoms with Crippen molar-refractivity contribution in [3.05, 3.63) is 43.3 Å². The summed E-state index contributed by atoms with van der Waals surface area (Å²) in [4.78, 5) is 0. The quantitative estimate of drug-likeness (QED) is 0.376. The highest BCUT2D eigenvalue weighted by molar-refractivity contribution is 9.10. The van der Waals surface area contributed by atoms with E-state index < -0.39 is 0 Å². The number of benzene rings is 2. The molecule has 34 heavy (non-hydrogen) atoms. The lowest BCUT2D eigenvalue weighted by molar-refractivity contribution is 0.298. The van der Waals surface area contributed by atoms with Crippen molar-refractivity contribution in [3.63, 3.8) is 0 Å². The fourth-order valence-corrected chi connectivity index (χ4v) is 9.26. The zero-order valence-electron chi connectivity index (χ0n) is 21.2. The van der Waals surface area contributed by atoms with Crippen LogP contribution in [0.5, 0.6) is 11.5 Å². The van der Waals surface area contributed by atoms with Crippen molar-refractivity contribution in [2.75, 3.05) is 0 Å². The number of halogens is 2. The number of aromatic hydroxyl groups is 2. The molecule has 0 aromatic heterocycles. The topological polar surface area (TPSA) is 40.5 Å². The number of phenolic OH excluding ortho intramolecular Hbond substituents is 2. The summed E-state index contributed by atoms with van der Waals surface area (Å²) in [6.45, 7) is 13.6. The Morgan fingerprint density at radius 1 is 0.706 bits per heavy atom. The standard InChI is InChI=1S/C30H36Br2O2/c1-15-21(31)11-19(27(3)9-7-17-13-29(17,27)5)25(33)23(15)24-16(2)22(32)12-20(26(24)34)28(4)10-8-18-14-30(18,28)6/h11-12,17-18,33-34H,7-10,13-14H2,1-6H3/t17-,18+,27+,28-,29+,30-. The molecule has 4 aliphatic carbocycles. The summed E-state index contributed by atoms with van der Waals surface area (Å²) in [6.07, 6.45) is 7.15. The van der Waals surface area contributed by atoms with Crippen LogP contribution in [0.1, 0.15) is 88.5 Å². The number of fused-ring (bicyclic) bond motifs is 2. The van der Waals surface area contributed by atoms with Crippen molar-refractivity contribution in [1.29, 1.82) is 0 Å². The van der Waals surface area contributed by atoms with Crippen molar-refractivity contribution in [2.24, 2.45) is 22.7 Å². The van der Waals surface area contributed by atoms with Gasteiger partial charge in [-0.05, 0) is 98.3 Å². The molecule has 0 radical (unpaired) electrons. The van der Waals surface area contributed by atoms with Crippen LogP contribution in [0.4, 0.5) is 0 Å². The molecule has 0 spiro atoms. The highest BCUT2D eigenvalue weighted by Gasteiger charge is 2.67. The molecule has 0 bridgehead atoms. The van der Waals surface area contributed by atoms with Gasteiger partial charge in [0.25, 0.3) is 0 Å². The van der Waals surface area contributed by atoms with E-state index in [-0.39, 0.29) is 21.7 Å². The van der Waals surface area contributed by atoms with Crippen LogP contribution >= 0.6 is 31.9 Å². The predicted octanol–water partition coefficient (Wildman–Crippen LogP) is 9.06. The number of rotatable bonds is 3. The molecule has 2 aromatic rings. The molecule has 182 valence electrons. The van der Waals surface area contributed by atoms with Gasteiger partial charge in [0.2, 0.25) is 0 Å². The van der Waals surface area contributed by atoms with Crippen LogP contribution in [0, 0.1) is 36.5 Å². The first kappa shape index (κ1) is 23.4. The lowest BCUT2D eigenvalue weighted by Crippen LogP contribution is -2.30. The summed E-state index contributed by atoms with van der Waals surface area (Å²) in [6, 6.07) is 4.30. The molecule has 2 nitrogen and oxygen atoms in total. The van der Waals surface area contributed by atoms with Gasteiger partial charge in [-0.1, -0.05) is 59.6 Å². The molecule has 0 amide bonds. The first-order valence-corrected chi connectivity index (χ1v) is 14.4. The summed E-state index contributed by atoms with van der Waals surface area (Å²) in [5.74, 6) is 2.24. The third-order valence-corrected chi connectivity index (χ3v) is 13.4. The molecule has 4 heteroatoms. The lowest BCUT2D eigenvalue weighted by Gasteiger charge is -2.37. The van der Waals surface area contributed by atoms with Crippen LogP contribution in [0.3, 0.4) is 0 Å². The molecule has 2 aromatic carbocycles. The van der Waals surface area contributed by atoms with Crippen molar-refractivity contribution < 1.29 is 10.2 Å². The Kier molecular flexibility index (Phi) is 4.72. The van der Waals surface area contributed by atoms with Gasteiger partial charge in [0.05, 0.1) is 0 Å². The van der Waals surface area contributed by atoms with E-state index >= 15 is 0 Å². The van der Waals surface area contributed by atoms with E-state index in [9.17, 15) is 10.2 Å². The minimum atomic E-state index is -0.0583. The molecule has 4 fully saturated rings. The molecule has 0 aliphatic heterocycles.